The van der Waals surface area contributed by atoms with Gasteiger partial charge in [0.05, 0.1) is 5.69 Å². The predicted molar refractivity (Wildman–Crippen MR) is 159 cm³/mol. The SMILES string of the molecule is C=Cc1c2[nH]c(c1C)C=C1NC(=C3CC(=O)c4c3[nH]c(c4C)C=c3[nH]c(c(C)c3CC)=C2)[C@@H](CCC(=O)O)[C@@H]1C. The smallest absolute Gasteiger partial charge is 0.303 e. The lowest BCUT2D eigenvalue weighted by atomic mass is 9.86. The first-order valence-electron chi connectivity index (χ1n) is 14.1. The van der Waals surface area contributed by atoms with E-state index >= 15 is 0 Å². The summed E-state index contributed by atoms with van der Waals surface area (Å²) >= 11 is 0. The van der Waals surface area contributed by atoms with Crippen molar-refractivity contribution in [3.63, 3.8) is 0 Å². The molecule has 1 saturated heterocycles. The van der Waals surface area contributed by atoms with Gasteiger partial charge in [-0.05, 0) is 74.1 Å². The summed E-state index contributed by atoms with van der Waals surface area (Å²) in [6.45, 7) is 14.6. The highest BCUT2D eigenvalue weighted by Crippen LogP contribution is 2.45. The molecule has 1 fully saturated rings. The van der Waals surface area contributed by atoms with Crippen molar-refractivity contribution < 1.29 is 14.7 Å². The second kappa shape index (κ2) is 9.44. The Balaban J connectivity index is 1.69. The molecule has 6 rings (SSSR count). The van der Waals surface area contributed by atoms with Crippen LogP contribution in [0.2, 0.25) is 0 Å². The van der Waals surface area contributed by atoms with Crippen molar-refractivity contribution in [2.45, 2.75) is 60.3 Å². The summed E-state index contributed by atoms with van der Waals surface area (Å²) in [7, 11) is 0. The molecule has 7 heteroatoms. The summed E-state index contributed by atoms with van der Waals surface area (Å²) in [4.78, 5) is 35.8. The van der Waals surface area contributed by atoms with Gasteiger partial charge in [-0.2, -0.15) is 0 Å². The van der Waals surface area contributed by atoms with Gasteiger partial charge in [0.1, 0.15) is 0 Å². The Bertz CT molecular complexity index is 1800. The highest BCUT2D eigenvalue weighted by atomic mass is 16.4. The molecule has 0 spiro atoms. The number of carboxylic acid groups (broad SMARTS) is 1. The van der Waals surface area contributed by atoms with E-state index in [1.165, 1.54) is 11.1 Å². The molecule has 5 N–H and O–H groups in total. The number of carbonyl (C=O) groups excluding carboxylic acids is 1. The average molecular weight is 537 g/mol. The van der Waals surface area contributed by atoms with Gasteiger partial charge in [-0.25, -0.2) is 0 Å². The van der Waals surface area contributed by atoms with Gasteiger partial charge in [-0.15, -0.1) is 0 Å². The van der Waals surface area contributed by atoms with Crippen molar-refractivity contribution in [1.82, 2.24) is 20.3 Å². The van der Waals surface area contributed by atoms with Crippen LogP contribution in [0.4, 0.5) is 0 Å². The number of aromatic amines is 3. The lowest BCUT2D eigenvalue weighted by molar-refractivity contribution is -0.137. The molecule has 3 aliphatic rings. The fourth-order valence-electron chi connectivity index (χ4n) is 6.89. The van der Waals surface area contributed by atoms with Crippen LogP contribution in [0.1, 0.15) is 94.1 Å². The molecule has 8 bridgehead atoms. The van der Waals surface area contributed by atoms with Gasteiger partial charge in [0.25, 0.3) is 0 Å². The maximum atomic E-state index is 13.4. The van der Waals surface area contributed by atoms with E-state index in [4.69, 9.17) is 0 Å². The van der Waals surface area contributed by atoms with Crippen molar-refractivity contribution in [1.29, 1.82) is 0 Å². The summed E-state index contributed by atoms with van der Waals surface area (Å²) in [6.07, 6.45) is 10.0. The third kappa shape index (κ3) is 3.86. The molecule has 2 atom stereocenters. The van der Waals surface area contributed by atoms with E-state index in [1.807, 2.05) is 13.0 Å². The van der Waals surface area contributed by atoms with Gasteiger partial charge in [-0.1, -0.05) is 26.5 Å². The molecule has 0 radical (unpaired) electrons. The highest BCUT2D eigenvalue weighted by molar-refractivity contribution is 6.13. The maximum absolute atomic E-state index is 13.4. The zero-order valence-electron chi connectivity index (χ0n) is 23.8. The molecule has 0 unspecified atom stereocenters. The van der Waals surface area contributed by atoms with E-state index in [0.29, 0.717) is 12.8 Å². The van der Waals surface area contributed by atoms with Gasteiger partial charge in [-0.3, -0.25) is 9.59 Å². The summed E-state index contributed by atoms with van der Waals surface area (Å²) in [6, 6.07) is 0. The minimum Gasteiger partial charge on any atom is -0.481 e. The Labute approximate surface area is 233 Å². The van der Waals surface area contributed by atoms with Gasteiger partial charge in [0, 0.05) is 80.6 Å². The first-order valence-corrected chi connectivity index (χ1v) is 14.1. The molecule has 40 heavy (non-hydrogen) atoms. The minimum absolute atomic E-state index is 0.0390. The Morgan fingerprint density at radius 3 is 2.45 bits per heavy atom. The van der Waals surface area contributed by atoms with Crippen molar-refractivity contribution in [3.8, 4) is 0 Å². The zero-order chi connectivity index (χ0) is 28.5. The van der Waals surface area contributed by atoms with E-state index < -0.39 is 5.97 Å². The number of fused-ring (bicyclic) bond motifs is 7. The van der Waals surface area contributed by atoms with Gasteiger partial charge in [0.15, 0.2) is 5.78 Å². The topological polar surface area (TPSA) is 114 Å². The van der Waals surface area contributed by atoms with Crippen molar-refractivity contribution in [2.75, 3.05) is 0 Å². The Kier molecular flexibility index (Phi) is 6.13. The second-order valence-corrected chi connectivity index (χ2v) is 11.4. The van der Waals surface area contributed by atoms with E-state index in [2.05, 4.69) is 72.8 Å². The van der Waals surface area contributed by atoms with Crippen molar-refractivity contribution >= 4 is 41.6 Å². The summed E-state index contributed by atoms with van der Waals surface area (Å²) in [5.41, 5.74) is 13.0. The fraction of sp³-hybridized carbons (Fsp3) is 0.333. The highest BCUT2D eigenvalue weighted by Gasteiger charge is 2.39. The molecule has 3 aromatic heterocycles. The van der Waals surface area contributed by atoms with E-state index in [1.54, 1.807) is 0 Å². The van der Waals surface area contributed by atoms with Crippen molar-refractivity contribution in [3.05, 3.63) is 84.8 Å². The largest absolute Gasteiger partial charge is 0.481 e. The molecule has 3 aromatic rings. The Morgan fingerprint density at radius 2 is 1.75 bits per heavy atom. The van der Waals surface area contributed by atoms with Crippen LogP contribution < -0.4 is 16.0 Å². The number of H-pyrrole nitrogens is 3. The lowest BCUT2D eigenvalue weighted by Gasteiger charge is -2.16. The summed E-state index contributed by atoms with van der Waals surface area (Å²) in [5.74, 6) is -0.695. The standard InChI is InChI=1S/C33H36N4O3/c1-7-19-15(3)23-12-25-17(5)21(9-10-30(39)40)32(36-25)22-11-29(38)31-18(6)26(37-33(22)31)14-28-20(8-2)16(4)24(35-28)13-27(19)34-23/h7,12-14,17,21,34-37H,1,8-11H2,2-6H3,(H,39,40)/t17-,21-/m0/s1. The Morgan fingerprint density at radius 1 is 1.02 bits per heavy atom. The van der Waals surface area contributed by atoms with Crippen LogP contribution in [-0.4, -0.2) is 31.8 Å². The van der Waals surface area contributed by atoms with Crippen LogP contribution in [0.5, 0.6) is 0 Å². The first-order chi connectivity index (χ1) is 19.1. The van der Waals surface area contributed by atoms with Crippen LogP contribution in [0.3, 0.4) is 0 Å². The van der Waals surface area contributed by atoms with Crippen LogP contribution in [0.15, 0.2) is 18.0 Å². The summed E-state index contributed by atoms with van der Waals surface area (Å²) in [5, 5.41) is 15.2. The molecular weight excluding hydrogens is 500 g/mol. The summed E-state index contributed by atoms with van der Waals surface area (Å²) < 4.78 is 0. The number of carbonyl (C=O) groups is 2. The maximum Gasteiger partial charge on any atom is 0.303 e. The minimum atomic E-state index is -0.814. The number of carboxylic acids is 1. The van der Waals surface area contributed by atoms with E-state index in [0.717, 1.165) is 79.1 Å². The van der Waals surface area contributed by atoms with Gasteiger partial charge < -0.3 is 25.4 Å². The van der Waals surface area contributed by atoms with Crippen LogP contribution >= 0.6 is 0 Å². The van der Waals surface area contributed by atoms with Crippen LogP contribution in [0, 0.1) is 32.6 Å². The number of Topliss-reactive ketones (excluding diaryl/α,β-unsaturated/α-hetero) is 1. The predicted octanol–water partition coefficient (Wildman–Crippen LogP) is 4.83. The molecule has 5 heterocycles. The second-order valence-electron chi connectivity index (χ2n) is 11.4. The molecule has 1 aliphatic carbocycles. The lowest BCUT2D eigenvalue weighted by Crippen LogP contribution is -2.13. The average Bonchev–Trinajstić information content (AvgIpc) is 3.65. The molecule has 0 amide bonds. The molecule has 7 nitrogen and oxygen atoms in total. The van der Waals surface area contributed by atoms with E-state index in [9.17, 15) is 14.7 Å². The van der Waals surface area contributed by atoms with Gasteiger partial charge >= 0.3 is 5.97 Å². The number of hydrogen-bond donors (Lipinski definition) is 5. The quantitative estimate of drug-likeness (QED) is 0.321. The number of aliphatic carboxylic acids is 1. The molecule has 0 saturated carbocycles. The number of allylic oxidation sites excluding steroid dienone is 3. The normalized spacial score (nSPS) is 19.3. The third-order valence-corrected chi connectivity index (χ3v) is 9.20. The van der Waals surface area contributed by atoms with Crippen molar-refractivity contribution in [2.24, 2.45) is 11.8 Å². The molecule has 0 aromatic carbocycles. The van der Waals surface area contributed by atoms with Crippen LogP contribution in [0.25, 0.3) is 29.9 Å². The van der Waals surface area contributed by atoms with Crippen LogP contribution in [-0.2, 0) is 11.2 Å². The molecular formula is C33H36N4O3. The fourth-order valence-corrected chi connectivity index (χ4v) is 6.89. The number of rotatable bonds is 5. The number of nitrogens with one attached hydrogen (secondary N) is 4. The monoisotopic (exact) mass is 536 g/mol. The molecule has 206 valence electrons. The number of ketones is 1. The van der Waals surface area contributed by atoms with Gasteiger partial charge in [0.2, 0.25) is 0 Å². The molecule has 2 aliphatic heterocycles. The number of hydrogen-bond acceptors (Lipinski definition) is 3. The first kappa shape index (κ1) is 26.0. The third-order valence-electron chi connectivity index (χ3n) is 9.20. The Hall–Kier alpha value is -4.26. The zero-order valence-corrected chi connectivity index (χ0v) is 23.8. The number of aromatic nitrogens is 3. The van der Waals surface area contributed by atoms with E-state index in [-0.39, 0.29) is 24.0 Å².